The smallest absolute Gasteiger partial charge is 0.126 e. The first kappa shape index (κ1) is 15.3. The molecule has 1 fully saturated rings. The van der Waals surface area contributed by atoms with Crippen molar-refractivity contribution >= 4 is 0 Å². The summed E-state index contributed by atoms with van der Waals surface area (Å²) in [5.74, 6) is 1.54. The molecule has 0 radical (unpaired) electrons. The quantitative estimate of drug-likeness (QED) is 0.607. The van der Waals surface area contributed by atoms with E-state index in [9.17, 15) is 4.39 Å². The van der Waals surface area contributed by atoms with Gasteiger partial charge in [0.05, 0.1) is 0 Å². The zero-order chi connectivity index (χ0) is 15.5. The van der Waals surface area contributed by atoms with Crippen LogP contribution in [0.4, 0.5) is 4.39 Å². The fourth-order valence-corrected chi connectivity index (χ4v) is 3.68. The van der Waals surface area contributed by atoms with Gasteiger partial charge < -0.3 is 0 Å². The van der Waals surface area contributed by atoms with Gasteiger partial charge in [-0.2, -0.15) is 0 Å². The van der Waals surface area contributed by atoms with Crippen LogP contribution in [0.5, 0.6) is 0 Å². The fourth-order valence-electron chi connectivity index (χ4n) is 3.68. The van der Waals surface area contributed by atoms with Crippen LogP contribution in [-0.4, -0.2) is 0 Å². The number of rotatable bonds is 3. The molecular weight excluding hydrogens is 271 g/mol. The number of halogens is 1. The zero-order valence-corrected chi connectivity index (χ0v) is 13.6. The minimum Gasteiger partial charge on any atom is -0.207 e. The van der Waals surface area contributed by atoms with Crippen LogP contribution in [0.25, 0.3) is 11.1 Å². The molecule has 0 aromatic heterocycles. The van der Waals surface area contributed by atoms with Gasteiger partial charge in [-0.15, -0.1) is 0 Å². The third kappa shape index (κ3) is 3.24. The molecule has 2 aromatic rings. The second-order valence-electron chi connectivity index (χ2n) is 6.71. The number of hydrogen-bond donors (Lipinski definition) is 0. The Morgan fingerprint density at radius 3 is 2.14 bits per heavy atom. The maximum Gasteiger partial charge on any atom is 0.126 e. The first-order valence-electron chi connectivity index (χ1n) is 8.54. The third-order valence-electron chi connectivity index (χ3n) is 5.30. The first-order chi connectivity index (χ1) is 10.7. The molecule has 0 aliphatic heterocycles. The first-order valence-corrected chi connectivity index (χ1v) is 8.54. The molecule has 0 heterocycles. The fraction of sp³-hybridized carbons (Fsp3) is 0.429. The monoisotopic (exact) mass is 296 g/mol. The predicted molar refractivity (Wildman–Crippen MR) is 91.6 cm³/mol. The standard InChI is InChI=1S/C21H25F/c1-3-16-4-6-17(7-5-16)18-8-10-19(11-9-18)20-12-13-21(22)15(2)14-20/h8-14,16-17H,3-7H2,1-2H3. The Kier molecular flexibility index (Phi) is 4.61. The summed E-state index contributed by atoms with van der Waals surface area (Å²) in [5.41, 5.74) is 4.45. The summed E-state index contributed by atoms with van der Waals surface area (Å²) in [4.78, 5) is 0. The van der Waals surface area contributed by atoms with Gasteiger partial charge >= 0.3 is 0 Å². The highest BCUT2D eigenvalue weighted by molar-refractivity contribution is 5.64. The molecule has 0 nitrogen and oxygen atoms in total. The lowest BCUT2D eigenvalue weighted by Gasteiger charge is -2.28. The molecule has 0 N–H and O–H groups in total. The third-order valence-corrected chi connectivity index (χ3v) is 5.30. The van der Waals surface area contributed by atoms with E-state index >= 15 is 0 Å². The van der Waals surface area contributed by atoms with Crippen LogP contribution >= 0.6 is 0 Å². The molecule has 1 saturated carbocycles. The minimum atomic E-state index is -0.131. The SMILES string of the molecule is CCC1CCC(c2ccc(-c3ccc(F)c(C)c3)cc2)CC1. The van der Waals surface area contributed by atoms with Crippen LogP contribution in [0.2, 0.25) is 0 Å². The van der Waals surface area contributed by atoms with E-state index in [4.69, 9.17) is 0 Å². The van der Waals surface area contributed by atoms with Crippen molar-refractivity contribution in [3.8, 4) is 11.1 Å². The van der Waals surface area contributed by atoms with Crippen molar-refractivity contribution in [2.24, 2.45) is 5.92 Å². The summed E-state index contributed by atoms with van der Waals surface area (Å²) in [6, 6.07) is 14.3. The lowest BCUT2D eigenvalue weighted by molar-refractivity contribution is 0.319. The second-order valence-corrected chi connectivity index (χ2v) is 6.71. The summed E-state index contributed by atoms with van der Waals surface area (Å²) in [6.45, 7) is 4.13. The van der Waals surface area contributed by atoms with Crippen LogP contribution in [-0.2, 0) is 0 Å². The van der Waals surface area contributed by atoms with Gasteiger partial charge in [0.25, 0.3) is 0 Å². The van der Waals surface area contributed by atoms with Crippen molar-refractivity contribution in [3.05, 3.63) is 59.4 Å². The summed E-state index contributed by atoms with van der Waals surface area (Å²) in [6.07, 6.45) is 6.73. The van der Waals surface area contributed by atoms with E-state index in [1.807, 2.05) is 19.1 Å². The van der Waals surface area contributed by atoms with Crippen molar-refractivity contribution in [3.63, 3.8) is 0 Å². The Bertz CT molecular complexity index is 619. The molecule has 0 spiro atoms. The molecule has 1 aliphatic carbocycles. The van der Waals surface area contributed by atoms with Gasteiger partial charge in [-0.3, -0.25) is 0 Å². The average molecular weight is 296 g/mol. The largest absolute Gasteiger partial charge is 0.207 e. The van der Waals surface area contributed by atoms with Crippen LogP contribution in [0.15, 0.2) is 42.5 Å². The number of benzene rings is 2. The molecule has 3 rings (SSSR count). The van der Waals surface area contributed by atoms with Crippen molar-refractivity contribution in [1.29, 1.82) is 0 Å². The molecule has 0 unspecified atom stereocenters. The molecule has 0 atom stereocenters. The Hall–Kier alpha value is -1.63. The Labute approximate surface area is 133 Å². The van der Waals surface area contributed by atoms with Crippen molar-refractivity contribution in [2.75, 3.05) is 0 Å². The van der Waals surface area contributed by atoms with Gasteiger partial charge in [0.2, 0.25) is 0 Å². The molecule has 0 amide bonds. The van der Waals surface area contributed by atoms with Crippen LogP contribution in [0.3, 0.4) is 0 Å². The zero-order valence-electron chi connectivity index (χ0n) is 13.6. The molecule has 116 valence electrons. The van der Waals surface area contributed by atoms with Gasteiger partial charge in [-0.25, -0.2) is 4.39 Å². The highest BCUT2D eigenvalue weighted by atomic mass is 19.1. The molecule has 1 heteroatoms. The minimum absolute atomic E-state index is 0.131. The highest BCUT2D eigenvalue weighted by Gasteiger charge is 2.21. The maximum atomic E-state index is 13.4. The van der Waals surface area contributed by atoms with E-state index in [1.54, 1.807) is 6.07 Å². The molecule has 0 bridgehead atoms. The van der Waals surface area contributed by atoms with E-state index in [-0.39, 0.29) is 5.82 Å². The van der Waals surface area contributed by atoms with E-state index in [1.165, 1.54) is 43.2 Å². The second kappa shape index (κ2) is 6.64. The topological polar surface area (TPSA) is 0 Å². The van der Waals surface area contributed by atoms with Gasteiger partial charge in [0, 0.05) is 0 Å². The van der Waals surface area contributed by atoms with E-state index in [2.05, 4.69) is 31.2 Å². The van der Waals surface area contributed by atoms with E-state index < -0.39 is 0 Å². The molecule has 0 saturated heterocycles. The van der Waals surface area contributed by atoms with E-state index in [0.29, 0.717) is 5.56 Å². The van der Waals surface area contributed by atoms with Crippen molar-refractivity contribution in [2.45, 2.75) is 51.9 Å². The summed E-state index contributed by atoms with van der Waals surface area (Å²) in [5, 5.41) is 0. The Morgan fingerprint density at radius 2 is 1.55 bits per heavy atom. The summed E-state index contributed by atoms with van der Waals surface area (Å²) >= 11 is 0. The number of hydrogen-bond acceptors (Lipinski definition) is 0. The number of aryl methyl sites for hydroxylation is 1. The average Bonchev–Trinajstić information content (AvgIpc) is 2.58. The van der Waals surface area contributed by atoms with Gasteiger partial charge in [0.15, 0.2) is 0 Å². The van der Waals surface area contributed by atoms with Gasteiger partial charge in [0.1, 0.15) is 5.82 Å². The molecule has 2 aromatic carbocycles. The summed E-state index contributed by atoms with van der Waals surface area (Å²) in [7, 11) is 0. The maximum absolute atomic E-state index is 13.4. The molecule has 22 heavy (non-hydrogen) atoms. The molecular formula is C21H25F. The van der Waals surface area contributed by atoms with E-state index in [0.717, 1.165) is 17.4 Å². The van der Waals surface area contributed by atoms with Crippen molar-refractivity contribution < 1.29 is 4.39 Å². The van der Waals surface area contributed by atoms with Crippen LogP contribution < -0.4 is 0 Å². The lowest BCUT2D eigenvalue weighted by atomic mass is 9.77. The van der Waals surface area contributed by atoms with Crippen LogP contribution in [0.1, 0.15) is 56.1 Å². The predicted octanol–water partition coefficient (Wildman–Crippen LogP) is 6.48. The van der Waals surface area contributed by atoms with Gasteiger partial charge in [-0.05, 0) is 78.8 Å². The Balaban J connectivity index is 1.74. The van der Waals surface area contributed by atoms with Crippen LogP contribution in [0, 0.1) is 18.7 Å². The Morgan fingerprint density at radius 1 is 0.909 bits per heavy atom. The normalized spacial score (nSPS) is 21.8. The molecule has 1 aliphatic rings. The summed E-state index contributed by atoms with van der Waals surface area (Å²) < 4.78 is 13.4. The highest BCUT2D eigenvalue weighted by Crippen LogP contribution is 2.37. The van der Waals surface area contributed by atoms with Gasteiger partial charge in [-0.1, -0.05) is 43.7 Å². The lowest BCUT2D eigenvalue weighted by Crippen LogP contribution is -2.12. The van der Waals surface area contributed by atoms with Crippen molar-refractivity contribution in [1.82, 2.24) is 0 Å².